The average molecular weight is 426 g/mol. The van der Waals surface area contributed by atoms with Crippen LogP contribution in [0.5, 0.6) is 0 Å². The third-order valence-corrected chi connectivity index (χ3v) is 7.58. The molecule has 0 N–H and O–H groups in total. The van der Waals surface area contributed by atoms with E-state index in [1.54, 1.807) is 6.07 Å². The molecule has 0 spiro atoms. The van der Waals surface area contributed by atoms with E-state index in [1.807, 2.05) is 19.3 Å². The van der Waals surface area contributed by atoms with Crippen LogP contribution >= 0.6 is 11.6 Å². The van der Waals surface area contributed by atoms with E-state index in [0.717, 1.165) is 55.1 Å². The monoisotopic (exact) mass is 425 g/mol. The summed E-state index contributed by atoms with van der Waals surface area (Å²) in [4.78, 5) is 9.38. The summed E-state index contributed by atoms with van der Waals surface area (Å²) in [6.45, 7) is 2.93. The molecule has 0 saturated heterocycles. The molecule has 7 rings (SSSR count). The predicted octanol–water partition coefficient (Wildman–Crippen LogP) is 5.01. The molecule has 1 atom stereocenters. The maximum Gasteiger partial charge on any atom is 0.151 e. The molecule has 3 saturated carbocycles. The fourth-order valence-electron chi connectivity index (χ4n) is 6.15. The van der Waals surface area contributed by atoms with E-state index in [0.29, 0.717) is 10.4 Å². The molecule has 5 nitrogen and oxygen atoms in total. The molecule has 156 valence electrons. The Balaban J connectivity index is 1.24. The number of hydrogen-bond donors (Lipinski definition) is 0. The van der Waals surface area contributed by atoms with Gasteiger partial charge in [-0.3, -0.25) is 0 Å². The van der Waals surface area contributed by atoms with Crippen LogP contribution in [0.15, 0.2) is 30.7 Å². The van der Waals surface area contributed by atoms with Gasteiger partial charge in [0.1, 0.15) is 11.6 Å². The summed E-state index contributed by atoms with van der Waals surface area (Å²) in [6.07, 6.45) is 11.7. The first-order valence-electron chi connectivity index (χ1n) is 10.8. The van der Waals surface area contributed by atoms with Gasteiger partial charge in [-0.15, -0.1) is 0 Å². The Kier molecular flexibility index (Phi) is 3.95. The fourth-order valence-corrected chi connectivity index (χ4v) is 6.38. The molecular formula is C23H25ClFN5. The van der Waals surface area contributed by atoms with Gasteiger partial charge in [0.2, 0.25) is 0 Å². The first-order valence-corrected chi connectivity index (χ1v) is 11.2. The summed E-state index contributed by atoms with van der Waals surface area (Å²) in [7, 11) is 0. The van der Waals surface area contributed by atoms with Gasteiger partial charge in [-0.05, 0) is 68.2 Å². The van der Waals surface area contributed by atoms with Crippen molar-refractivity contribution in [2.75, 3.05) is 0 Å². The van der Waals surface area contributed by atoms with Crippen LogP contribution < -0.4 is 0 Å². The quantitative estimate of drug-likeness (QED) is 0.590. The van der Waals surface area contributed by atoms with Crippen molar-refractivity contribution in [1.82, 2.24) is 24.3 Å². The summed E-state index contributed by atoms with van der Waals surface area (Å²) >= 11 is 6.14. The molecule has 7 heteroatoms. The Hall–Kier alpha value is -2.21. The van der Waals surface area contributed by atoms with Gasteiger partial charge in [-0.25, -0.2) is 19.0 Å². The SMILES string of the molecule is Cc1cn(C23CC(Cc4nc5n(n4)CCCC[C@@H]5c4cc(F)cc(Cl)c4)(C2)C3)cn1. The predicted molar refractivity (Wildman–Crippen MR) is 112 cm³/mol. The van der Waals surface area contributed by atoms with Crippen LogP contribution in [0.1, 0.15) is 67.3 Å². The van der Waals surface area contributed by atoms with Gasteiger partial charge in [0.25, 0.3) is 0 Å². The number of aromatic nitrogens is 5. The van der Waals surface area contributed by atoms with Gasteiger partial charge in [0.15, 0.2) is 5.82 Å². The molecule has 3 aromatic rings. The largest absolute Gasteiger partial charge is 0.331 e. The molecule has 3 fully saturated rings. The summed E-state index contributed by atoms with van der Waals surface area (Å²) in [5.74, 6) is 1.67. The lowest BCUT2D eigenvalue weighted by atomic mass is 9.38. The minimum Gasteiger partial charge on any atom is -0.331 e. The van der Waals surface area contributed by atoms with Crippen LogP contribution in [-0.4, -0.2) is 24.3 Å². The molecule has 0 unspecified atom stereocenters. The Morgan fingerprint density at radius 3 is 2.77 bits per heavy atom. The Bertz CT molecular complexity index is 1090. The molecule has 3 heterocycles. The summed E-state index contributed by atoms with van der Waals surface area (Å²) in [5, 5.41) is 5.32. The lowest BCUT2D eigenvalue weighted by Gasteiger charge is -2.71. The van der Waals surface area contributed by atoms with Crippen molar-refractivity contribution in [2.24, 2.45) is 5.41 Å². The van der Waals surface area contributed by atoms with Crippen molar-refractivity contribution in [1.29, 1.82) is 0 Å². The van der Waals surface area contributed by atoms with Gasteiger partial charge in [-0.1, -0.05) is 18.0 Å². The molecule has 30 heavy (non-hydrogen) atoms. The van der Waals surface area contributed by atoms with E-state index in [-0.39, 0.29) is 17.3 Å². The number of benzene rings is 1. The molecule has 2 aromatic heterocycles. The second kappa shape index (κ2) is 6.39. The Morgan fingerprint density at radius 1 is 1.20 bits per heavy atom. The number of hydrogen-bond acceptors (Lipinski definition) is 3. The zero-order valence-electron chi connectivity index (χ0n) is 17.1. The third-order valence-electron chi connectivity index (χ3n) is 7.36. The topological polar surface area (TPSA) is 48.5 Å². The van der Waals surface area contributed by atoms with Gasteiger partial charge >= 0.3 is 0 Å². The maximum absolute atomic E-state index is 14.0. The lowest BCUT2D eigenvalue weighted by Crippen LogP contribution is -2.68. The standard InChI is InChI=1S/C23H25ClFN5/c1-15-10-29(14-26-15)23-11-22(12-23,13-23)9-20-27-21-19(4-2-3-5-30(21)28-20)16-6-17(24)8-18(25)7-16/h6-8,10,14,19H,2-5,9,11-13H2,1H3/t19-,22?,23?/m1/s1. The van der Waals surface area contributed by atoms with E-state index in [4.69, 9.17) is 21.7 Å². The molecule has 2 bridgehead atoms. The van der Waals surface area contributed by atoms with Gasteiger partial charge in [0.05, 0.1) is 12.0 Å². The zero-order chi connectivity index (χ0) is 20.5. The summed E-state index contributed by atoms with van der Waals surface area (Å²) < 4.78 is 18.4. The van der Waals surface area contributed by atoms with Gasteiger partial charge in [0, 0.05) is 35.6 Å². The highest BCUT2D eigenvalue weighted by Crippen LogP contribution is 2.72. The number of aryl methyl sites for hydroxylation is 2. The van der Waals surface area contributed by atoms with Crippen molar-refractivity contribution < 1.29 is 4.39 Å². The van der Waals surface area contributed by atoms with Crippen molar-refractivity contribution in [3.63, 3.8) is 0 Å². The van der Waals surface area contributed by atoms with Gasteiger partial charge < -0.3 is 4.57 Å². The first-order chi connectivity index (χ1) is 14.4. The second-order valence-corrected chi connectivity index (χ2v) is 10.2. The van der Waals surface area contributed by atoms with Crippen molar-refractivity contribution in [3.8, 4) is 0 Å². The van der Waals surface area contributed by atoms with Crippen LogP contribution in [0.25, 0.3) is 0 Å². The zero-order valence-corrected chi connectivity index (χ0v) is 17.9. The minimum absolute atomic E-state index is 0.0512. The highest BCUT2D eigenvalue weighted by Gasteiger charge is 2.68. The number of halogens is 2. The van der Waals surface area contributed by atoms with Gasteiger partial charge in [-0.2, -0.15) is 5.10 Å². The molecule has 3 aliphatic carbocycles. The number of fused-ring (bicyclic) bond motifs is 1. The molecular weight excluding hydrogens is 401 g/mol. The summed E-state index contributed by atoms with van der Waals surface area (Å²) in [5.41, 5.74) is 2.60. The van der Waals surface area contributed by atoms with E-state index < -0.39 is 0 Å². The molecule has 1 aromatic carbocycles. The van der Waals surface area contributed by atoms with Crippen molar-refractivity contribution in [3.05, 3.63) is 64.5 Å². The Morgan fingerprint density at radius 2 is 2.03 bits per heavy atom. The molecule has 0 radical (unpaired) electrons. The van der Waals surface area contributed by atoms with E-state index >= 15 is 0 Å². The number of imidazole rings is 1. The van der Waals surface area contributed by atoms with E-state index in [9.17, 15) is 4.39 Å². The minimum atomic E-state index is -0.290. The van der Waals surface area contributed by atoms with E-state index in [1.165, 1.54) is 25.3 Å². The maximum atomic E-state index is 14.0. The summed E-state index contributed by atoms with van der Waals surface area (Å²) in [6, 6.07) is 4.83. The smallest absolute Gasteiger partial charge is 0.151 e. The van der Waals surface area contributed by atoms with Crippen LogP contribution in [0, 0.1) is 18.2 Å². The van der Waals surface area contributed by atoms with Crippen LogP contribution in [0.3, 0.4) is 0 Å². The Labute approximate surface area is 180 Å². The van der Waals surface area contributed by atoms with E-state index in [2.05, 4.69) is 20.4 Å². The highest BCUT2D eigenvalue weighted by atomic mass is 35.5. The second-order valence-electron chi connectivity index (χ2n) is 9.71. The lowest BCUT2D eigenvalue weighted by molar-refractivity contribution is -0.187. The first kappa shape index (κ1) is 18.6. The molecule has 0 amide bonds. The average Bonchev–Trinajstić information content (AvgIpc) is 3.17. The molecule has 4 aliphatic rings. The van der Waals surface area contributed by atoms with Crippen LogP contribution in [-0.2, 0) is 18.5 Å². The van der Waals surface area contributed by atoms with Crippen LogP contribution in [0.2, 0.25) is 5.02 Å². The fraction of sp³-hybridized carbons (Fsp3) is 0.522. The number of rotatable bonds is 4. The number of nitrogens with zero attached hydrogens (tertiary/aromatic N) is 5. The molecule has 1 aliphatic heterocycles. The van der Waals surface area contributed by atoms with Crippen molar-refractivity contribution in [2.45, 2.75) is 69.9 Å². The third kappa shape index (κ3) is 2.83. The van der Waals surface area contributed by atoms with Crippen LogP contribution in [0.4, 0.5) is 4.39 Å². The van der Waals surface area contributed by atoms with Crippen molar-refractivity contribution >= 4 is 11.6 Å². The normalized spacial score (nSPS) is 29.6. The highest BCUT2D eigenvalue weighted by molar-refractivity contribution is 6.30.